The van der Waals surface area contributed by atoms with Crippen LogP contribution < -0.4 is 0 Å². The van der Waals surface area contributed by atoms with Crippen molar-refractivity contribution in [1.82, 2.24) is 0 Å². The van der Waals surface area contributed by atoms with Crippen LogP contribution in [0.2, 0.25) is 0 Å². The summed E-state index contributed by atoms with van der Waals surface area (Å²) in [5, 5.41) is 40.9. The van der Waals surface area contributed by atoms with Crippen molar-refractivity contribution >= 4 is 12.4 Å². The molecule has 0 radical (unpaired) electrons. The van der Waals surface area contributed by atoms with E-state index in [0.29, 0.717) is 0 Å². The molecule has 23 heavy (non-hydrogen) atoms. The van der Waals surface area contributed by atoms with Crippen LogP contribution in [-0.2, 0) is 17.1 Å². The van der Waals surface area contributed by atoms with Crippen molar-refractivity contribution in [3.05, 3.63) is 30.3 Å². The van der Waals surface area contributed by atoms with Crippen molar-refractivity contribution in [3.63, 3.8) is 0 Å². The minimum Gasteiger partial charge on any atom is -0.412 e. The van der Waals surface area contributed by atoms with Crippen LogP contribution in [0.1, 0.15) is 0 Å². The van der Waals surface area contributed by atoms with E-state index in [9.17, 15) is 0 Å². The van der Waals surface area contributed by atoms with E-state index in [2.05, 4.69) is 0 Å². The number of nitrogens with zero attached hydrogens (tertiary/aromatic N) is 3. The topological polar surface area (TPSA) is 474 Å². The average molecular weight is 443 g/mol. The van der Waals surface area contributed by atoms with Crippen LogP contribution >= 0.6 is 12.4 Å². The van der Waals surface area contributed by atoms with Crippen molar-refractivity contribution in [1.29, 1.82) is 0 Å². The number of hydrogen-bond acceptors (Lipinski definition) is 6. The molecule has 0 aromatic rings. The second-order valence-electron chi connectivity index (χ2n) is 0.714. The maximum absolute atomic E-state index is 8.36. The summed E-state index contributed by atoms with van der Waals surface area (Å²) in [6, 6.07) is 0. The fourth-order valence-corrected chi connectivity index (χ4v) is 0. The molecule has 0 saturated carbocycles. The molecule has 160 valence electrons. The Morgan fingerprint density at radius 2 is 0.478 bits per heavy atom. The van der Waals surface area contributed by atoms with E-state index in [1.54, 1.807) is 0 Å². The Morgan fingerprint density at radius 1 is 0.478 bits per heavy atom. The van der Waals surface area contributed by atoms with E-state index < -0.39 is 15.3 Å². The summed E-state index contributed by atoms with van der Waals surface area (Å²) in [7, 11) is 0. The quantitative estimate of drug-likeness (QED) is 0.181. The molecule has 21 N–H and O–H groups in total. The van der Waals surface area contributed by atoms with Gasteiger partial charge in [-0.3, -0.25) is 0 Å². The Labute approximate surface area is 141 Å². The molecule has 23 heteroatoms. The van der Waals surface area contributed by atoms with Crippen LogP contribution in [-0.4, -0.2) is 80.2 Å². The largest absolute Gasteiger partial charge is 0.412 e. The third-order valence-electron chi connectivity index (χ3n) is 0. The number of rotatable bonds is 0. The van der Waals surface area contributed by atoms with E-state index in [0.717, 1.165) is 0 Å². The first-order valence-corrected chi connectivity index (χ1v) is 1.70. The van der Waals surface area contributed by atoms with E-state index in [-0.39, 0.29) is 78.8 Å². The zero-order valence-corrected chi connectivity index (χ0v) is 12.3. The van der Waals surface area contributed by atoms with Gasteiger partial charge in [0, 0.05) is 17.1 Å². The van der Waals surface area contributed by atoms with Crippen LogP contribution in [0.3, 0.4) is 0 Å². The molecule has 0 amide bonds. The predicted octanol–water partition coefficient (Wildman–Crippen LogP) is -8.05. The molecule has 21 nitrogen and oxygen atoms in total. The van der Waals surface area contributed by atoms with Crippen molar-refractivity contribution in [2.45, 2.75) is 0 Å². The first kappa shape index (κ1) is 170. The van der Waals surface area contributed by atoms with Crippen molar-refractivity contribution in [2.75, 3.05) is 0 Å². The molecule has 0 bridgehead atoms. The molecule has 0 heterocycles. The van der Waals surface area contributed by atoms with Gasteiger partial charge in [-0.15, -0.1) is 42.7 Å². The van der Waals surface area contributed by atoms with Gasteiger partial charge in [0.25, 0.3) is 15.3 Å². The minimum atomic E-state index is -1.50. The smallest absolute Gasteiger partial charge is 0.291 e. The molecule has 0 rings (SSSR count). The van der Waals surface area contributed by atoms with Gasteiger partial charge in [-0.2, -0.15) is 0 Å². The molecular formula is H22ClFeN3O18. The van der Waals surface area contributed by atoms with Gasteiger partial charge in [-0.25, -0.2) is 0 Å². The fourth-order valence-electron chi connectivity index (χ4n) is 0. The Hall–Kier alpha value is -1.95. The van der Waals surface area contributed by atoms with Crippen molar-refractivity contribution in [3.8, 4) is 0 Å². The third-order valence-corrected chi connectivity index (χ3v) is 0. The second-order valence-corrected chi connectivity index (χ2v) is 0.714. The van der Waals surface area contributed by atoms with E-state index >= 15 is 0 Å². The molecule has 0 aliphatic carbocycles. The normalized spacial score (nSPS) is 3.13. The van der Waals surface area contributed by atoms with Crippen LogP contribution in [0.4, 0.5) is 0 Å². The number of hydrogen-bond donors (Lipinski definition) is 3. The average Bonchev–Trinajstić information content (AvgIpc) is 1.54. The van der Waals surface area contributed by atoms with Gasteiger partial charge in [-0.1, -0.05) is 0 Å². The first-order chi connectivity index (χ1) is 5.20. The van der Waals surface area contributed by atoms with Crippen molar-refractivity contribution in [2.24, 2.45) is 0 Å². The third kappa shape index (κ3) is 1720. The number of halogens is 1. The molecule has 0 saturated heterocycles. The van der Waals surface area contributed by atoms with Gasteiger partial charge in [0.2, 0.25) is 0 Å². The van der Waals surface area contributed by atoms with Gasteiger partial charge < -0.3 is 64.9 Å². The summed E-state index contributed by atoms with van der Waals surface area (Å²) in [5.74, 6) is 0. The van der Waals surface area contributed by atoms with Crippen LogP contribution in [0.25, 0.3) is 0 Å². The maximum atomic E-state index is 8.36. The maximum Gasteiger partial charge on any atom is 0.291 e. The van der Waals surface area contributed by atoms with E-state index in [4.69, 9.17) is 46.0 Å². The first-order valence-electron chi connectivity index (χ1n) is 1.70. The Bertz CT molecular complexity index is 122. The zero-order valence-electron chi connectivity index (χ0n) is 10.4. The van der Waals surface area contributed by atoms with Gasteiger partial charge in [-0.05, 0) is 0 Å². The Balaban J connectivity index is -0.00000000355. The summed E-state index contributed by atoms with van der Waals surface area (Å²) in [6.45, 7) is 0. The Kier molecular flexibility index (Phi) is 1080. The summed E-state index contributed by atoms with van der Waals surface area (Å²) in [5.41, 5.74) is 0. The zero-order chi connectivity index (χ0) is 10.7. The molecule has 0 fully saturated rings. The van der Waals surface area contributed by atoms with E-state index in [1.165, 1.54) is 0 Å². The molecule has 0 aliphatic rings. The summed E-state index contributed by atoms with van der Waals surface area (Å²) in [4.78, 5) is 25.1. The fraction of sp³-hybridized carbons (Fsp3) is 0. The second kappa shape index (κ2) is 146. The predicted molar refractivity (Wildman–Crippen MR) is 66.1 cm³/mol. The van der Waals surface area contributed by atoms with Crippen LogP contribution in [0, 0.1) is 30.3 Å². The van der Waals surface area contributed by atoms with Gasteiger partial charge >= 0.3 is 0 Å². The Morgan fingerprint density at radius 3 is 0.478 bits per heavy atom. The van der Waals surface area contributed by atoms with Crippen molar-refractivity contribution < 1.29 is 97.2 Å². The molecule has 0 unspecified atom stereocenters. The standard InChI is InChI=1S/ClH.Fe.3HNO3.9H2O/c;;3*2-1(3)4;;;;;;;;;/h1H;;3*(H,2,3,4);9*1H2. The molecule has 0 atom stereocenters. The molecule has 0 aliphatic heterocycles. The van der Waals surface area contributed by atoms with Crippen LogP contribution in [0.15, 0.2) is 0 Å². The van der Waals surface area contributed by atoms with Gasteiger partial charge in [0.15, 0.2) is 0 Å². The molecule has 0 aromatic carbocycles. The minimum absolute atomic E-state index is 0. The van der Waals surface area contributed by atoms with Gasteiger partial charge in [0.05, 0.1) is 0 Å². The monoisotopic (exact) mass is 443 g/mol. The molecular weight excluding hydrogens is 421 g/mol. The summed E-state index contributed by atoms with van der Waals surface area (Å²) in [6.07, 6.45) is 0. The van der Waals surface area contributed by atoms with E-state index in [1.807, 2.05) is 0 Å². The summed E-state index contributed by atoms with van der Waals surface area (Å²) >= 11 is 0. The SMILES string of the molecule is Cl.O.O.O.O.O.O.O.O.O.O=[N+]([O-])O.O=[N+]([O-])O.O=[N+]([O-])O.[Fe]. The summed E-state index contributed by atoms with van der Waals surface area (Å²) < 4.78 is 0. The molecule has 0 spiro atoms. The van der Waals surface area contributed by atoms with Gasteiger partial charge in [0.1, 0.15) is 0 Å². The van der Waals surface area contributed by atoms with Crippen LogP contribution in [0.5, 0.6) is 0 Å². The molecule has 0 aromatic heterocycles.